The molecule has 1 rings (SSSR count). The monoisotopic (exact) mass is 293 g/mol. The normalized spacial score (nSPS) is 11.4. The summed E-state index contributed by atoms with van der Waals surface area (Å²) in [6, 6.07) is 5.46. The molecule has 1 aromatic rings. The maximum atomic E-state index is 12.2. The van der Waals surface area contributed by atoms with Crippen molar-refractivity contribution in [2.75, 3.05) is 13.1 Å². The van der Waals surface area contributed by atoms with Crippen LogP contribution in [-0.2, 0) is 9.59 Å². The number of hydrogen-bond acceptors (Lipinski definition) is 4. The molecule has 0 spiro atoms. The number of carbonyl (C=O) groups is 2. The van der Waals surface area contributed by atoms with Crippen molar-refractivity contribution in [2.45, 2.75) is 32.7 Å². The Morgan fingerprint density at radius 2 is 2.30 bits per heavy atom. The highest BCUT2D eigenvalue weighted by Crippen LogP contribution is 2.22. The molecule has 1 N–H and O–H groups in total. The van der Waals surface area contributed by atoms with E-state index in [2.05, 4.69) is 5.32 Å². The fourth-order valence-corrected chi connectivity index (χ4v) is 2.69. The summed E-state index contributed by atoms with van der Waals surface area (Å²) in [5.74, 6) is -0.279. The van der Waals surface area contributed by atoms with Gasteiger partial charge in [-0.15, -0.1) is 11.3 Å². The van der Waals surface area contributed by atoms with Gasteiger partial charge in [-0.3, -0.25) is 9.59 Å². The summed E-state index contributed by atoms with van der Waals surface area (Å²) >= 11 is 1.50. The summed E-state index contributed by atoms with van der Waals surface area (Å²) < 4.78 is 0. The molecule has 0 bridgehead atoms. The minimum atomic E-state index is -0.321. The second kappa shape index (κ2) is 8.33. The van der Waals surface area contributed by atoms with Crippen molar-refractivity contribution in [1.29, 1.82) is 5.26 Å². The van der Waals surface area contributed by atoms with Crippen LogP contribution < -0.4 is 5.32 Å². The molecule has 5 nitrogen and oxygen atoms in total. The van der Waals surface area contributed by atoms with E-state index in [4.69, 9.17) is 5.26 Å². The van der Waals surface area contributed by atoms with E-state index in [1.807, 2.05) is 30.5 Å². The lowest BCUT2D eigenvalue weighted by Gasteiger charge is -2.22. The number of rotatable bonds is 7. The van der Waals surface area contributed by atoms with E-state index >= 15 is 0 Å². The average Bonchev–Trinajstić information content (AvgIpc) is 2.91. The van der Waals surface area contributed by atoms with Crippen LogP contribution in [0.2, 0.25) is 0 Å². The van der Waals surface area contributed by atoms with E-state index in [-0.39, 0.29) is 30.8 Å². The van der Waals surface area contributed by atoms with Gasteiger partial charge in [0.2, 0.25) is 11.8 Å². The predicted molar refractivity (Wildman–Crippen MR) is 78.0 cm³/mol. The highest BCUT2D eigenvalue weighted by Gasteiger charge is 2.21. The van der Waals surface area contributed by atoms with Gasteiger partial charge in [0, 0.05) is 18.3 Å². The predicted octanol–water partition coefficient (Wildman–Crippen LogP) is 2.08. The lowest BCUT2D eigenvalue weighted by Crippen LogP contribution is -2.36. The third kappa shape index (κ3) is 5.02. The molecule has 0 saturated carbocycles. The highest BCUT2D eigenvalue weighted by molar-refractivity contribution is 7.10. The zero-order chi connectivity index (χ0) is 15.0. The molecule has 0 aliphatic rings. The SMILES string of the molecule is CCCN(CC#N)C(=O)C[C@@H](NC(C)=O)c1cccs1. The fraction of sp³-hybridized carbons (Fsp3) is 0.500. The van der Waals surface area contributed by atoms with E-state index in [0.29, 0.717) is 6.54 Å². The number of hydrogen-bond donors (Lipinski definition) is 1. The molecule has 6 heteroatoms. The van der Waals surface area contributed by atoms with Crippen molar-refractivity contribution in [3.8, 4) is 6.07 Å². The van der Waals surface area contributed by atoms with E-state index in [9.17, 15) is 9.59 Å². The number of nitrogens with zero attached hydrogens (tertiary/aromatic N) is 2. The third-order valence-electron chi connectivity index (χ3n) is 2.75. The van der Waals surface area contributed by atoms with Crippen LogP contribution in [0.15, 0.2) is 17.5 Å². The quantitative estimate of drug-likeness (QED) is 0.782. The Kier molecular flexibility index (Phi) is 6.74. The summed E-state index contributed by atoms with van der Waals surface area (Å²) in [5.41, 5.74) is 0. The van der Waals surface area contributed by atoms with Crippen molar-refractivity contribution in [3.05, 3.63) is 22.4 Å². The van der Waals surface area contributed by atoms with Crippen molar-refractivity contribution in [1.82, 2.24) is 10.2 Å². The summed E-state index contributed by atoms with van der Waals surface area (Å²) in [4.78, 5) is 26.0. The third-order valence-corrected chi connectivity index (χ3v) is 3.74. The Bertz CT molecular complexity index is 479. The van der Waals surface area contributed by atoms with Crippen molar-refractivity contribution >= 4 is 23.2 Å². The zero-order valence-electron chi connectivity index (χ0n) is 11.8. The number of nitrogens with one attached hydrogen (secondary N) is 1. The Balaban J connectivity index is 2.75. The van der Waals surface area contributed by atoms with Crippen LogP contribution in [0, 0.1) is 11.3 Å². The van der Waals surface area contributed by atoms with Crippen LogP contribution in [0.4, 0.5) is 0 Å². The summed E-state index contributed by atoms with van der Waals surface area (Å²) in [6.07, 6.45) is 0.985. The molecule has 1 aromatic heterocycles. The van der Waals surface area contributed by atoms with Gasteiger partial charge in [-0.2, -0.15) is 5.26 Å². The van der Waals surface area contributed by atoms with Gasteiger partial charge in [-0.25, -0.2) is 0 Å². The van der Waals surface area contributed by atoms with E-state index in [0.717, 1.165) is 11.3 Å². The molecule has 0 radical (unpaired) electrons. The first-order valence-electron chi connectivity index (χ1n) is 6.53. The van der Waals surface area contributed by atoms with Gasteiger partial charge in [0.25, 0.3) is 0 Å². The lowest BCUT2D eigenvalue weighted by molar-refractivity contribution is -0.131. The highest BCUT2D eigenvalue weighted by atomic mass is 32.1. The molecule has 1 heterocycles. The van der Waals surface area contributed by atoms with Crippen molar-refractivity contribution in [3.63, 3.8) is 0 Å². The summed E-state index contributed by atoms with van der Waals surface area (Å²) in [5, 5.41) is 13.5. The number of thiophene rings is 1. The molecule has 0 aliphatic heterocycles. The molecular formula is C14H19N3O2S. The van der Waals surface area contributed by atoms with E-state index < -0.39 is 0 Å². The van der Waals surface area contributed by atoms with E-state index in [1.54, 1.807) is 0 Å². The molecule has 1 atom stereocenters. The van der Waals surface area contributed by atoms with Crippen molar-refractivity contribution in [2.24, 2.45) is 0 Å². The molecular weight excluding hydrogens is 274 g/mol. The van der Waals surface area contributed by atoms with Crippen LogP contribution in [0.3, 0.4) is 0 Å². The minimum Gasteiger partial charge on any atom is -0.348 e. The van der Waals surface area contributed by atoms with Gasteiger partial charge in [-0.05, 0) is 17.9 Å². The molecule has 0 aliphatic carbocycles. The summed E-state index contributed by atoms with van der Waals surface area (Å²) in [7, 11) is 0. The van der Waals surface area contributed by atoms with Crippen LogP contribution in [0.1, 0.15) is 37.6 Å². The topological polar surface area (TPSA) is 73.2 Å². The first-order chi connectivity index (χ1) is 9.58. The molecule has 20 heavy (non-hydrogen) atoms. The fourth-order valence-electron chi connectivity index (χ4n) is 1.91. The maximum absolute atomic E-state index is 12.2. The van der Waals surface area contributed by atoms with Crippen LogP contribution in [0.25, 0.3) is 0 Å². The second-order valence-corrected chi connectivity index (χ2v) is 5.43. The number of carbonyl (C=O) groups excluding carboxylic acids is 2. The first-order valence-corrected chi connectivity index (χ1v) is 7.41. The Morgan fingerprint density at radius 1 is 1.55 bits per heavy atom. The molecule has 0 saturated heterocycles. The molecule has 2 amide bonds. The molecule has 0 unspecified atom stereocenters. The van der Waals surface area contributed by atoms with Crippen LogP contribution >= 0.6 is 11.3 Å². The van der Waals surface area contributed by atoms with Gasteiger partial charge in [0.05, 0.1) is 18.5 Å². The Labute approximate surface area is 123 Å². The van der Waals surface area contributed by atoms with Crippen LogP contribution in [0.5, 0.6) is 0 Å². The van der Waals surface area contributed by atoms with Crippen molar-refractivity contribution < 1.29 is 9.59 Å². The Hall–Kier alpha value is -1.87. The molecule has 0 aromatic carbocycles. The molecule has 0 fully saturated rings. The minimum absolute atomic E-state index is 0.0872. The largest absolute Gasteiger partial charge is 0.348 e. The van der Waals surface area contributed by atoms with Gasteiger partial charge in [0.1, 0.15) is 6.54 Å². The van der Waals surface area contributed by atoms with Gasteiger partial charge >= 0.3 is 0 Å². The standard InChI is InChI=1S/C14H19N3O2S/c1-3-7-17(8-6-15)14(19)10-12(16-11(2)18)13-5-4-9-20-13/h4-5,9,12H,3,7-8,10H2,1-2H3,(H,16,18)/t12-/m1/s1. The lowest BCUT2D eigenvalue weighted by atomic mass is 10.1. The zero-order valence-corrected chi connectivity index (χ0v) is 12.6. The van der Waals surface area contributed by atoms with E-state index in [1.165, 1.54) is 23.2 Å². The molecule has 108 valence electrons. The number of amides is 2. The van der Waals surface area contributed by atoms with Gasteiger partial charge in [0.15, 0.2) is 0 Å². The maximum Gasteiger partial charge on any atom is 0.225 e. The smallest absolute Gasteiger partial charge is 0.225 e. The van der Waals surface area contributed by atoms with Gasteiger partial charge < -0.3 is 10.2 Å². The second-order valence-electron chi connectivity index (χ2n) is 4.45. The average molecular weight is 293 g/mol. The number of nitriles is 1. The first kappa shape index (κ1) is 16.2. The Morgan fingerprint density at radius 3 is 2.80 bits per heavy atom. The van der Waals surface area contributed by atoms with Gasteiger partial charge in [-0.1, -0.05) is 13.0 Å². The summed E-state index contributed by atoms with van der Waals surface area (Å²) in [6.45, 7) is 4.04. The van der Waals surface area contributed by atoms with Crippen LogP contribution in [-0.4, -0.2) is 29.8 Å².